The van der Waals surface area contributed by atoms with Crippen molar-refractivity contribution in [2.75, 3.05) is 19.6 Å². The molecule has 4 nitrogen and oxygen atoms in total. The largest absolute Gasteiger partial charge is 0.444 e. The zero-order valence-corrected chi connectivity index (χ0v) is 10.5. The van der Waals surface area contributed by atoms with Crippen molar-refractivity contribution in [3.63, 3.8) is 0 Å². The van der Waals surface area contributed by atoms with Crippen LogP contribution in [0.2, 0.25) is 0 Å². The van der Waals surface area contributed by atoms with Crippen LogP contribution in [0.1, 0.15) is 33.6 Å². The summed E-state index contributed by atoms with van der Waals surface area (Å²) in [5.74, 6) is 0.899. The number of carbonyl (C=O) groups excluding carboxylic acids is 1. The second-order valence-electron chi connectivity index (χ2n) is 5.93. The summed E-state index contributed by atoms with van der Waals surface area (Å²) in [5, 5.41) is 3.48. The van der Waals surface area contributed by atoms with E-state index < -0.39 is 0 Å². The third-order valence-electron chi connectivity index (χ3n) is 2.93. The molecule has 92 valence electrons. The standard InChI is InChI=1S/C12H22N2O2/c1-12(2,3)16-11(15)14-7-10(8-14)13-6-9-4-5-9/h9-10,13H,4-8H2,1-3H3. The Morgan fingerprint density at radius 1 is 1.38 bits per heavy atom. The monoisotopic (exact) mass is 226 g/mol. The van der Waals surface area contributed by atoms with Gasteiger partial charge in [0.1, 0.15) is 5.60 Å². The Morgan fingerprint density at radius 3 is 2.50 bits per heavy atom. The SMILES string of the molecule is CC(C)(C)OC(=O)N1CC(NCC2CC2)C1. The van der Waals surface area contributed by atoms with Crippen molar-refractivity contribution >= 4 is 6.09 Å². The van der Waals surface area contributed by atoms with Crippen molar-refractivity contribution in [3.8, 4) is 0 Å². The van der Waals surface area contributed by atoms with E-state index in [0.717, 1.165) is 25.6 Å². The van der Waals surface area contributed by atoms with Crippen LogP contribution in [-0.4, -0.2) is 42.3 Å². The molecule has 0 spiro atoms. The molecule has 1 amide bonds. The normalized spacial score (nSPS) is 21.8. The number of ether oxygens (including phenoxy) is 1. The van der Waals surface area contributed by atoms with Crippen LogP contribution in [0.4, 0.5) is 4.79 Å². The van der Waals surface area contributed by atoms with E-state index in [9.17, 15) is 4.79 Å². The van der Waals surface area contributed by atoms with Gasteiger partial charge in [-0.3, -0.25) is 0 Å². The third kappa shape index (κ3) is 3.37. The van der Waals surface area contributed by atoms with E-state index in [1.165, 1.54) is 12.8 Å². The van der Waals surface area contributed by atoms with Crippen LogP contribution in [0, 0.1) is 5.92 Å². The number of likely N-dealkylation sites (tertiary alicyclic amines) is 1. The first-order chi connectivity index (χ1) is 7.44. The fourth-order valence-corrected chi connectivity index (χ4v) is 1.74. The van der Waals surface area contributed by atoms with Gasteiger partial charge in [0.05, 0.1) is 0 Å². The fraction of sp³-hybridized carbons (Fsp3) is 0.917. The summed E-state index contributed by atoms with van der Waals surface area (Å²) in [4.78, 5) is 13.4. The van der Waals surface area contributed by atoms with Gasteiger partial charge in [0.2, 0.25) is 0 Å². The van der Waals surface area contributed by atoms with Crippen LogP contribution in [0.5, 0.6) is 0 Å². The minimum atomic E-state index is -0.385. The quantitative estimate of drug-likeness (QED) is 0.795. The highest BCUT2D eigenvalue weighted by Gasteiger charge is 2.34. The van der Waals surface area contributed by atoms with E-state index in [-0.39, 0.29) is 11.7 Å². The molecule has 1 N–H and O–H groups in total. The molecular formula is C12H22N2O2. The van der Waals surface area contributed by atoms with Gasteiger partial charge in [-0.25, -0.2) is 4.79 Å². The highest BCUT2D eigenvalue weighted by atomic mass is 16.6. The van der Waals surface area contributed by atoms with Gasteiger partial charge in [0.25, 0.3) is 0 Å². The summed E-state index contributed by atoms with van der Waals surface area (Å²) in [6, 6.07) is 0.480. The average molecular weight is 226 g/mol. The highest BCUT2D eigenvalue weighted by Crippen LogP contribution is 2.28. The third-order valence-corrected chi connectivity index (χ3v) is 2.93. The molecule has 0 unspecified atom stereocenters. The number of amides is 1. The lowest BCUT2D eigenvalue weighted by atomic mass is 10.1. The number of rotatable bonds is 3. The molecule has 0 aromatic heterocycles. The molecule has 0 bridgehead atoms. The number of hydrogen-bond acceptors (Lipinski definition) is 3. The molecule has 1 heterocycles. The molecule has 0 aromatic rings. The molecule has 2 aliphatic rings. The van der Waals surface area contributed by atoms with Gasteiger partial charge in [0, 0.05) is 19.1 Å². The topological polar surface area (TPSA) is 41.6 Å². The van der Waals surface area contributed by atoms with Crippen LogP contribution in [0.15, 0.2) is 0 Å². The van der Waals surface area contributed by atoms with E-state index in [4.69, 9.17) is 4.74 Å². The number of hydrogen-bond donors (Lipinski definition) is 1. The summed E-state index contributed by atoms with van der Waals surface area (Å²) in [7, 11) is 0. The van der Waals surface area contributed by atoms with Gasteiger partial charge in [-0.1, -0.05) is 0 Å². The lowest BCUT2D eigenvalue weighted by Crippen LogP contribution is -2.60. The van der Waals surface area contributed by atoms with Gasteiger partial charge in [-0.15, -0.1) is 0 Å². The molecular weight excluding hydrogens is 204 g/mol. The summed E-state index contributed by atoms with van der Waals surface area (Å²) >= 11 is 0. The van der Waals surface area contributed by atoms with E-state index in [1.807, 2.05) is 20.8 Å². The first kappa shape index (κ1) is 11.7. The number of nitrogens with one attached hydrogen (secondary N) is 1. The van der Waals surface area contributed by atoms with Crippen molar-refractivity contribution in [1.82, 2.24) is 10.2 Å². The minimum Gasteiger partial charge on any atom is -0.444 e. The predicted octanol–water partition coefficient (Wildman–Crippen LogP) is 1.61. The van der Waals surface area contributed by atoms with Crippen LogP contribution < -0.4 is 5.32 Å². The van der Waals surface area contributed by atoms with Crippen LogP contribution in [0.3, 0.4) is 0 Å². The van der Waals surface area contributed by atoms with Crippen molar-refractivity contribution in [1.29, 1.82) is 0 Å². The van der Waals surface area contributed by atoms with Gasteiger partial charge >= 0.3 is 6.09 Å². The summed E-state index contributed by atoms with van der Waals surface area (Å²) in [5.41, 5.74) is -0.385. The zero-order valence-electron chi connectivity index (χ0n) is 10.5. The summed E-state index contributed by atoms with van der Waals surface area (Å²) in [6.07, 6.45) is 2.56. The molecule has 1 saturated heterocycles. The lowest BCUT2D eigenvalue weighted by Gasteiger charge is -2.40. The van der Waals surface area contributed by atoms with Gasteiger partial charge in [-0.2, -0.15) is 0 Å². The smallest absolute Gasteiger partial charge is 0.410 e. The fourth-order valence-electron chi connectivity index (χ4n) is 1.74. The number of carbonyl (C=O) groups is 1. The van der Waals surface area contributed by atoms with E-state index in [0.29, 0.717) is 6.04 Å². The van der Waals surface area contributed by atoms with Crippen LogP contribution in [0.25, 0.3) is 0 Å². The predicted molar refractivity (Wildman–Crippen MR) is 62.3 cm³/mol. The molecule has 1 saturated carbocycles. The molecule has 16 heavy (non-hydrogen) atoms. The Kier molecular flexibility index (Phi) is 3.10. The Bertz CT molecular complexity index is 263. The minimum absolute atomic E-state index is 0.183. The van der Waals surface area contributed by atoms with Crippen molar-refractivity contribution < 1.29 is 9.53 Å². The maximum absolute atomic E-state index is 11.6. The van der Waals surface area contributed by atoms with Crippen LogP contribution in [-0.2, 0) is 4.74 Å². The first-order valence-corrected chi connectivity index (χ1v) is 6.15. The van der Waals surface area contributed by atoms with Gasteiger partial charge < -0.3 is 15.0 Å². The molecule has 1 aliphatic carbocycles. The van der Waals surface area contributed by atoms with Crippen molar-refractivity contribution in [2.45, 2.75) is 45.3 Å². The Morgan fingerprint density at radius 2 is 2.00 bits per heavy atom. The Labute approximate surface area is 97.3 Å². The zero-order chi connectivity index (χ0) is 11.8. The van der Waals surface area contributed by atoms with Crippen molar-refractivity contribution in [2.24, 2.45) is 5.92 Å². The summed E-state index contributed by atoms with van der Waals surface area (Å²) < 4.78 is 5.29. The van der Waals surface area contributed by atoms with E-state index >= 15 is 0 Å². The lowest BCUT2D eigenvalue weighted by molar-refractivity contribution is 0.00529. The first-order valence-electron chi connectivity index (χ1n) is 6.15. The van der Waals surface area contributed by atoms with Gasteiger partial charge in [-0.05, 0) is 46.1 Å². The van der Waals surface area contributed by atoms with Crippen molar-refractivity contribution in [3.05, 3.63) is 0 Å². The molecule has 0 aromatic carbocycles. The molecule has 2 fully saturated rings. The Balaban J connectivity index is 1.61. The maximum atomic E-state index is 11.6. The molecule has 2 rings (SSSR count). The Hall–Kier alpha value is -0.770. The van der Waals surface area contributed by atoms with E-state index in [1.54, 1.807) is 4.90 Å². The molecule has 0 radical (unpaired) electrons. The molecule has 1 aliphatic heterocycles. The highest BCUT2D eigenvalue weighted by molar-refractivity contribution is 5.69. The van der Waals surface area contributed by atoms with Crippen LogP contribution >= 0.6 is 0 Å². The molecule has 4 heteroatoms. The summed E-state index contributed by atoms with van der Waals surface area (Å²) in [6.45, 7) is 8.39. The van der Waals surface area contributed by atoms with E-state index in [2.05, 4.69) is 5.32 Å². The van der Waals surface area contributed by atoms with Gasteiger partial charge in [0.15, 0.2) is 0 Å². The second kappa shape index (κ2) is 4.24. The maximum Gasteiger partial charge on any atom is 0.410 e. The number of nitrogens with zero attached hydrogens (tertiary/aromatic N) is 1. The molecule has 0 atom stereocenters. The second-order valence-corrected chi connectivity index (χ2v) is 5.93. The average Bonchev–Trinajstić information content (AvgIpc) is 2.80.